The van der Waals surface area contributed by atoms with E-state index < -0.39 is 0 Å². The third-order valence-corrected chi connectivity index (χ3v) is 1.68. The maximum Gasteiger partial charge on any atom is 0.308 e. The van der Waals surface area contributed by atoms with Gasteiger partial charge in [-0.3, -0.25) is 0 Å². The highest BCUT2D eigenvalue weighted by Crippen LogP contribution is 2.27. The Bertz CT molecular complexity index is 239. The normalized spacial score (nSPS) is 16.4. The fraction of sp³-hybridized carbons (Fsp3) is 0.167. The van der Waals surface area contributed by atoms with Crippen molar-refractivity contribution in [3.63, 3.8) is 0 Å². The van der Waals surface area contributed by atoms with Crippen molar-refractivity contribution in [1.29, 1.82) is 0 Å². The van der Waals surface area contributed by atoms with Gasteiger partial charge in [-0.25, -0.2) is 4.39 Å². The van der Waals surface area contributed by atoms with E-state index in [0.29, 0.717) is 17.6 Å². The molecule has 0 heterocycles. The molecule has 0 amide bonds. The highest BCUT2D eigenvalue weighted by atomic mass is 35.5. The molecule has 0 radical (unpaired) electrons. The molecule has 0 aromatic carbocycles. The summed E-state index contributed by atoms with van der Waals surface area (Å²) in [5.74, 6) is -0.378. The maximum atomic E-state index is 12.7. The van der Waals surface area contributed by atoms with Crippen molar-refractivity contribution in [2.75, 3.05) is 0 Å². The number of rotatable bonds is 3. The molecule has 0 atom stereocenters. The molecule has 1 rings (SSSR count). The summed E-state index contributed by atoms with van der Waals surface area (Å²) in [7, 11) is 0.0901. The van der Waals surface area contributed by atoms with Crippen molar-refractivity contribution < 1.29 is 9.18 Å². The van der Waals surface area contributed by atoms with Gasteiger partial charge in [0.2, 0.25) is 0 Å². The highest BCUT2D eigenvalue weighted by molar-refractivity contribution is 6.65. The van der Waals surface area contributed by atoms with Gasteiger partial charge in [0.25, 0.3) is 0 Å². The summed E-state index contributed by atoms with van der Waals surface area (Å²) in [6, 6.07) is 0. The molecule has 0 saturated carbocycles. The fourth-order valence-electron chi connectivity index (χ4n) is 0.837. The number of carbonyl (C=O) groups is 1. The summed E-state index contributed by atoms with van der Waals surface area (Å²) in [5, 5.41) is 2.99. The van der Waals surface area contributed by atoms with E-state index in [2.05, 4.69) is 5.23 Å². The lowest BCUT2D eigenvalue weighted by atomic mass is 9.98. The monoisotopic (exact) mass is 173 g/mol. The second-order valence-corrected chi connectivity index (χ2v) is 2.54. The number of hydrogen-bond acceptors (Lipinski definition) is 2. The minimum atomic E-state index is -0.378. The summed E-state index contributed by atoms with van der Waals surface area (Å²) < 4.78 is 12.7. The van der Waals surface area contributed by atoms with Crippen LogP contribution in [0.5, 0.6) is 0 Å². The van der Waals surface area contributed by atoms with E-state index in [1.165, 1.54) is 6.08 Å². The van der Waals surface area contributed by atoms with Crippen LogP contribution in [0.3, 0.4) is 0 Å². The SMILES string of the molecule is O=CBNC1=C(Cl)CC=C1F. The Morgan fingerprint density at radius 1 is 1.82 bits per heavy atom. The van der Waals surface area contributed by atoms with Crippen LogP contribution < -0.4 is 5.23 Å². The molecule has 5 heteroatoms. The van der Waals surface area contributed by atoms with Crippen LogP contribution in [0.2, 0.25) is 0 Å². The van der Waals surface area contributed by atoms with Crippen LogP contribution in [-0.4, -0.2) is 13.6 Å². The first kappa shape index (κ1) is 8.33. The molecule has 1 aliphatic rings. The van der Waals surface area contributed by atoms with E-state index in [9.17, 15) is 9.18 Å². The van der Waals surface area contributed by atoms with Crippen molar-refractivity contribution in [3.05, 3.63) is 22.6 Å². The zero-order chi connectivity index (χ0) is 8.27. The molecule has 0 aliphatic heterocycles. The Kier molecular flexibility index (Phi) is 2.71. The van der Waals surface area contributed by atoms with Gasteiger partial charge in [0, 0.05) is 11.5 Å². The molecule has 1 aliphatic carbocycles. The zero-order valence-corrected chi connectivity index (χ0v) is 6.49. The lowest BCUT2D eigenvalue weighted by molar-refractivity contribution is 0.568. The van der Waals surface area contributed by atoms with Gasteiger partial charge < -0.3 is 10.0 Å². The van der Waals surface area contributed by atoms with Crippen LogP contribution in [0, 0.1) is 0 Å². The van der Waals surface area contributed by atoms with E-state index in [1.54, 1.807) is 0 Å². The summed E-state index contributed by atoms with van der Waals surface area (Å²) in [6.45, 7) is 0. The molecule has 0 unspecified atom stereocenters. The average Bonchev–Trinajstić information content (AvgIpc) is 2.29. The first-order chi connectivity index (χ1) is 5.25. The summed E-state index contributed by atoms with van der Waals surface area (Å²) in [4.78, 5) is 9.90. The predicted octanol–water partition coefficient (Wildman–Crippen LogP) is 0.825. The van der Waals surface area contributed by atoms with Crippen LogP contribution >= 0.6 is 11.6 Å². The van der Waals surface area contributed by atoms with Crippen LogP contribution in [0.25, 0.3) is 0 Å². The van der Waals surface area contributed by atoms with Gasteiger partial charge in [-0.05, 0) is 6.08 Å². The van der Waals surface area contributed by atoms with Gasteiger partial charge >= 0.3 is 7.41 Å². The lowest BCUT2D eigenvalue weighted by Crippen LogP contribution is -2.19. The highest BCUT2D eigenvalue weighted by Gasteiger charge is 2.15. The van der Waals surface area contributed by atoms with E-state index in [1.807, 2.05) is 0 Å². The van der Waals surface area contributed by atoms with Gasteiger partial charge in [0.1, 0.15) is 12.0 Å². The smallest absolute Gasteiger partial charge is 0.308 e. The van der Waals surface area contributed by atoms with Gasteiger partial charge in [0.05, 0.1) is 5.70 Å². The van der Waals surface area contributed by atoms with E-state index in [0.717, 1.165) is 0 Å². The number of halogens is 2. The number of hydrogen-bond donors (Lipinski definition) is 1. The third-order valence-electron chi connectivity index (χ3n) is 1.33. The molecule has 0 bridgehead atoms. The molecule has 0 fully saturated rings. The van der Waals surface area contributed by atoms with E-state index in [-0.39, 0.29) is 18.9 Å². The Labute approximate surface area is 69.4 Å². The average molecular weight is 173 g/mol. The Morgan fingerprint density at radius 2 is 2.55 bits per heavy atom. The van der Waals surface area contributed by atoms with Gasteiger partial charge in [-0.1, -0.05) is 11.6 Å². The topological polar surface area (TPSA) is 29.1 Å². The number of carbonyl (C=O) groups excluding carboxylic acids is 1. The van der Waals surface area contributed by atoms with Gasteiger partial charge in [-0.2, -0.15) is 0 Å². The summed E-state index contributed by atoms with van der Waals surface area (Å²) >= 11 is 5.62. The molecule has 0 aromatic heterocycles. The number of allylic oxidation sites excluding steroid dienone is 3. The Morgan fingerprint density at radius 3 is 3.00 bits per heavy atom. The van der Waals surface area contributed by atoms with Crippen molar-refractivity contribution in [1.82, 2.24) is 5.23 Å². The molecule has 0 aromatic rings. The second-order valence-electron chi connectivity index (χ2n) is 2.08. The quantitative estimate of drug-likeness (QED) is 0.506. The van der Waals surface area contributed by atoms with Crippen molar-refractivity contribution in [2.45, 2.75) is 6.42 Å². The summed E-state index contributed by atoms with van der Waals surface area (Å²) in [6.07, 6.45) is 2.44. The minimum absolute atomic E-state index is 0.0901. The van der Waals surface area contributed by atoms with Gasteiger partial charge in [0.15, 0.2) is 0 Å². The Hall–Kier alpha value is -0.765. The molecular formula is C6H6BClFNO. The molecule has 0 spiro atoms. The standard InChI is InChI=1S/C6H6BClFNO/c8-4-1-2-5(9)6(4)10-7-3-11/h2-3,7,10H,1H2. The molecule has 11 heavy (non-hydrogen) atoms. The number of nitrogens with one attached hydrogen (secondary N) is 1. The molecular weight excluding hydrogens is 167 g/mol. The van der Waals surface area contributed by atoms with Crippen LogP contribution in [0.15, 0.2) is 22.6 Å². The first-order valence-electron chi connectivity index (χ1n) is 3.18. The first-order valence-corrected chi connectivity index (χ1v) is 3.55. The minimum Gasteiger partial charge on any atom is -0.421 e. The third kappa shape index (κ3) is 1.83. The summed E-state index contributed by atoms with van der Waals surface area (Å²) in [5.41, 5.74) is 0.249. The van der Waals surface area contributed by atoms with Crippen LogP contribution in [0.4, 0.5) is 4.39 Å². The molecule has 1 N–H and O–H groups in total. The van der Waals surface area contributed by atoms with Crippen molar-refractivity contribution in [2.24, 2.45) is 0 Å². The molecule has 0 saturated heterocycles. The maximum absolute atomic E-state index is 12.7. The predicted molar refractivity (Wildman–Crippen MR) is 43.7 cm³/mol. The van der Waals surface area contributed by atoms with E-state index in [4.69, 9.17) is 11.6 Å². The van der Waals surface area contributed by atoms with Crippen molar-refractivity contribution in [3.8, 4) is 0 Å². The molecule has 58 valence electrons. The second kappa shape index (κ2) is 3.58. The van der Waals surface area contributed by atoms with E-state index >= 15 is 0 Å². The Balaban J connectivity index is 2.60. The zero-order valence-electron chi connectivity index (χ0n) is 5.73. The molecule has 2 nitrogen and oxygen atoms in total. The van der Waals surface area contributed by atoms with Crippen LogP contribution in [-0.2, 0) is 4.79 Å². The van der Waals surface area contributed by atoms with Crippen molar-refractivity contribution >= 4 is 25.2 Å². The lowest BCUT2D eigenvalue weighted by Gasteiger charge is -2.01. The van der Waals surface area contributed by atoms with Crippen LogP contribution in [0.1, 0.15) is 6.42 Å². The fourth-order valence-corrected chi connectivity index (χ4v) is 1.07. The largest absolute Gasteiger partial charge is 0.421 e. The van der Waals surface area contributed by atoms with Gasteiger partial charge in [-0.15, -0.1) is 0 Å².